The first-order chi connectivity index (χ1) is 11.3. The summed E-state index contributed by atoms with van der Waals surface area (Å²) in [4.78, 5) is 11.5. The van der Waals surface area contributed by atoms with Gasteiger partial charge in [0.15, 0.2) is 5.96 Å². The van der Waals surface area contributed by atoms with E-state index in [9.17, 15) is 0 Å². The molecule has 1 saturated heterocycles. The molecular formula is C17H30IN5O. The summed E-state index contributed by atoms with van der Waals surface area (Å²) >= 11 is 0. The van der Waals surface area contributed by atoms with Gasteiger partial charge in [-0.3, -0.25) is 4.99 Å². The predicted octanol–water partition coefficient (Wildman–Crippen LogP) is 1.92. The Kier molecular flexibility index (Phi) is 7.80. The Morgan fingerprint density at radius 2 is 2.29 bits per heavy atom. The number of rotatable bonds is 5. The molecule has 0 saturated carbocycles. The number of aryl methyl sites for hydroxylation is 2. The summed E-state index contributed by atoms with van der Waals surface area (Å²) in [5.74, 6) is 2.89. The van der Waals surface area contributed by atoms with E-state index in [2.05, 4.69) is 26.0 Å². The van der Waals surface area contributed by atoms with Gasteiger partial charge in [0.25, 0.3) is 0 Å². The first-order valence-corrected chi connectivity index (χ1v) is 8.79. The highest BCUT2D eigenvalue weighted by atomic mass is 127. The van der Waals surface area contributed by atoms with Crippen LogP contribution >= 0.6 is 24.0 Å². The van der Waals surface area contributed by atoms with Crippen LogP contribution in [0.5, 0.6) is 0 Å². The minimum absolute atomic E-state index is 0. The van der Waals surface area contributed by atoms with Crippen LogP contribution in [0.25, 0.3) is 0 Å². The molecule has 0 aliphatic carbocycles. The van der Waals surface area contributed by atoms with E-state index in [4.69, 9.17) is 9.72 Å². The molecule has 3 rings (SSSR count). The maximum Gasteiger partial charge on any atom is 0.193 e. The fourth-order valence-corrected chi connectivity index (χ4v) is 3.62. The number of guanidine groups is 1. The fraction of sp³-hybridized carbons (Fsp3) is 0.765. The van der Waals surface area contributed by atoms with Crippen molar-refractivity contribution in [3.63, 3.8) is 0 Å². The van der Waals surface area contributed by atoms with Crippen LogP contribution in [-0.4, -0.2) is 60.8 Å². The van der Waals surface area contributed by atoms with Gasteiger partial charge in [-0.05, 0) is 19.3 Å². The summed E-state index contributed by atoms with van der Waals surface area (Å²) in [6.45, 7) is 4.95. The van der Waals surface area contributed by atoms with Crippen molar-refractivity contribution < 1.29 is 4.74 Å². The van der Waals surface area contributed by atoms with Crippen molar-refractivity contribution in [1.82, 2.24) is 19.8 Å². The van der Waals surface area contributed by atoms with Crippen molar-refractivity contribution in [3.8, 4) is 0 Å². The Morgan fingerprint density at radius 3 is 3.04 bits per heavy atom. The van der Waals surface area contributed by atoms with Crippen molar-refractivity contribution in [3.05, 3.63) is 17.7 Å². The molecule has 0 aromatic carbocycles. The molecule has 0 radical (unpaired) electrons. The van der Waals surface area contributed by atoms with Gasteiger partial charge < -0.3 is 19.5 Å². The summed E-state index contributed by atoms with van der Waals surface area (Å²) in [6.07, 6.45) is 8.05. The van der Waals surface area contributed by atoms with Gasteiger partial charge in [0, 0.05) is 65.3 Å². The highest BCUT2D eigenvalue weighted by molar-refractivity contribution is 14.0. The molecule has 2 aliphatic heterocycles. The van der Waals surface area contributed by atoms with E-state index < -0.39 is 0 Å². The number of halogens is 1. The van der Waals surface area contributed by atoms with Crippen LogP contribution in [-0.2, 0) is 24.1 Å². The molecule has 1 aromatic rings. The predicted molar refractivity (Wildman–Crippen MR) is 107 cm³/mol. The number of methoxy groups -OCH3 is 1. The Labute approximate surface area is 162 Å². The summed E-state index contributed by atoms with van der Waals surface area (Å²) in [5.41, 5.74) is 1.20. The molecule has 0 amide bonds. The number of likely N-dealkylation sites (tertiary alicyclic amines) is 1. The Bertz CT molecular complexity index is 522. The van der Waals surface area contributed by atoms with Crippen LogP contribution < -0.4 is 5.32 Å². The molecule has 1 aromatic heterocycles. The Balaban J connectivity index is 0.00000208. The molecule has 0 spiro atoms. The fourth-order valence-electron chi connectivity index (χ4n) is 3.62. The number of fused-ring (bicyclic) bond motifs is 1. The van der Waals surface area contributed by atoms with E-state index in [1.165, 1.54) is 30.8 Å². The van der Waals surface area contributed by atoms with Gasteiger partial charge in [0.2, 0.25) is 0 Å². The third-order valence-electron chi connectivity index (χ3n) is 4.82. The first-order valence-electron chi connectivity index (χ1n) is 8.79. The van der Waals surface area contributed by atoms with Crippen molar-refractivity contribution in [2.45, 2.75) is 38.6 Å². The number of hydrogen-bond donors (Lipinski definition) is 1. The second-order valence-electron chi connectivity index (χ2n) is 6.58. The van der Waals surface area contributed by atoms with Crippen LogP contribution in [0.1, 0.15) is 30.8 Å². The maximum atomic E-state index is 5.27. The summed E-state index contributed by atoms with van der Waals surface area (Å²) < 4.78 is 7.59. The van der Waals surface area contributed by atoms with Crippen molar-refractivity contribution in [2.75, 3.05) is 40.4 Å². The van der Waals surface area contributed by atoms with E-state index in [0.29, 0.717) is 5.92 Å². The number of ether oxygens (including phenoxy) is 1. The van der Waals surface area contributed by atoms with E-state index in [0.717, 1.165) is 51.6 Å². The van der Waals surface area contributed by atoms with Crippen molar-refractivity contribution >= 4 is 29.9 Å². The molecule has 0 bridgehead atoms. The third-order valence-corrected chi connectivity index (χ3v) is 4.82. The number of hydrogen-bond acceptors (Lipinski definition) is 3. The quantitative estimate of drug-likeness (QED) is 0.426. The highest BCUT2D eigenvalue weighted by Crippen LogP contribution is 2.17. The van der Waals surface area contributed by atoms with Crippen LogP contribution in [0.2, 0.25) is 0 Å². The molecule has 3 heterocycles. The molecule has 136 valence electrons. The van der Waals surface area contributed by atoms with E-state index in [1.54, 1.807) is 7.11 Å². The zero-order chi connectivity index (χ0) is 16.1. The normalized spacial score (nSPS) is 20.7. The lowest BCUT2D eigenvalue weighted by molar-refractivity contribution is 0.157. The topological polar surface area (TPSA) is 54.7 Å². The smallest absolute Gasteiger partial charge is 0.193 e. The van der Waals surface area contributed by atoms with Gasteiger partial charge >= 0.3 is 0 Å². The van der Waals surface area contributed by atoms with Gasteiger partial charge in [-0.25, -0.2) is 4.98 Å². The third kappa shape index (κ3) is 4.84. The number of nitrogens with one attached hydrogen (secondary N) is 1. The summed E-state index contributed by atoms with van der Waals surface area (Å²) in [6, 6.07) is 0. The monoisotopic (exact) mass is 447 g/mol. The molecule has 24 heavy (non-hydrogen) atoms. The van der Waals surface area contributed by atoms with E-state index in [1.807, 2.05) is 7.05 Å². The van der Waals surface area contributed by atoms with Gasteiger partial charge in [0.05, 0.1) is 12.3 Å². The van der Waals surface area contributed by atoms with E-state index >= 15 is 0 Å². The zero-order valence-electron chi connectivity index (χ0n) is 14.8. The van der Waals surface area contributed by atoms with Crippen LogP contribution in [0.4, 0.5) is 0 Å². The lowest BCUT2D eigenvalue weighted by Gasteiger charge is -2.21. The van der Waals surface area contributed by atoms with Crippen molar-refractivity contribution in [2.24, 2.45) is 10.9 Å². The average molecular weight is 447 g/mol. The summed E-state index contributed by atoms with van der Waals surface area (Å²) in [7, 11) is 3.64. The molecule has 1 fully saturated rings. The lowest BCUT2D eigenvalue weighted by Crippen LogP contribution is -2.41. The minimum atomic E-state index is 0. The second-order valence-corrected chi connectivity index (χ2v) is 6.58. The molecule has 6 nitrogen and oxygen atoms in total. The number of aliphatic imine (C=N–C) groups is 1. The van der Waals surface area contributed by atoms with Gasteiger partial charge in [0.1, 0.15) is 5.82 Å². The molecular weight excluding hydrogens is 417 g/mol. The SMILES string of the molecule is CN=C(NCCc1cn2c(n1)CCCC2)N1CCC(COC)C1.I. The number of nitrogens with zero attached hydrogens (tertiary/aromatic N) is 4. The van der Waals surface area contributed by atoms with Crippen LogP contribution in [0.15, 0.2) is 11.2 Å². The van der Waals surface area contributed by atoms with Crippen LogP contribution in [0.3, 0.4) is 0 Å². The Hall–Kier alpha value is -0.830. The molecule has 1 N–H and O–H groups in total. The second kappa shape index (κ2) is 9.60. The maximum absolute atomic E-state index is 5.27. The lowest BCUT2D eigenvalue weighted by atomic mass is 10.1. The summed E-state index contributed by atoms with van der Waals surface area (Å²) in [5, 5.41) is 3.49. The average Bonchev–Trinajstić information content (AvgIpc) is 3.18. The molecule has 2 aliphatic rings. The molecule has 7 heteroatoms. The standard InChI is InChI=1S/C17H29N5O.HI/c1-18-17(22-10-7-14(11-22)13-23-2)19-8-6-15-12-21-9-4-3-5-16(21)20-15;/h12,14H,3-11,13H2,1-2H3,(H,18,19);1H. The number of aromatic nitrogens is 2. The largest absolute Gasteiger partial charge is 0.384 e. The van der Waals surface area contributed by atoms with E-state index in [-0.39, 0.29) is 24.0 Å². The highest BCUT2D eigenvalue weighted by Gasteiger charge is 2.24. The first kappa shape index (κ1) is 19.5. The van der Waals surface area contributed by atoms with Gasteiger partial charge in [-0.1, -0.05) is 0 Å². The molecule has 1 unspecified atom stereocenters. The van der Waals surface area contributed by atoms with Crippen LogP contribution in [0, 0.1) is 5.92 Å². The zero-order valence-corrected chi connectivity index (χ0v) is 17.2. The number of imidazole rings is 1. The Morgan fingerprint density at radius 1 is 1.42 bits per heavy atom. The van der Waals surface area contributed by atoms with Gasteiger partial charge in [-0.15, -0.1) is 24.0 Å². The van der Waals surface area contributed by atoms with Gasteiger partial charge in [-0.2, -0.15) is 0 Å². The molecule has 1 atom stereocenters. The van der Waals surface area contributed by atoms with Crippen molar-refractivity contribution in [1.29, 1.82) is 0 Å². The minimum Gasteiger partial charge on any atom is -0.384 e.